The first kappa shape index (κ1) is 16.2. The van der Waals surface area contributed by atoms with Crippen LogP contribution in [0.4, 0.5) is 4.39 Å². The summed E-state index contributed by atoms with van der Waals surface area (Å²) in [6, 6.07) is 7.40. The summed E-state index contributed by atoms with van der Waals surface area (Å²) in [4.78, 5) is 0. The first-order chi connectivity index (χ1) is 9.24. The van der Waals surface area contributed by atoms with Gasteiger partial charge in [0.2, 0.25) is 0 Å². The molecule has 19 heavy (non-hydrogen) atoms. The second kappa shape index (κ2) is 9.96. The van der Waals surface area contributed by atoms with Gasteiger partial charge in [0.1, 0.15) is 5.82 Å². The van der Waals surface area contributed by atoms with Crippen LogP contribution in [0.2, 0.25) is 0 Å². The van der Waals surface area contributed by atoms with Crippen LogP contribution in [-0.4, -0.2) is 12.6 Å². The van der Waals surface area contributed by atoms with Gasteiger partial charge in [-0.1, -0.05) is 57.2 Å². The van der Waals surface area contributed by atoms with Crippen LogP contribution in [0.5, 0.6) is 0 Å². The van der Waals surface area contributed by atoms with Crippen molar-refractivity contribution in [2.24, 2.45) is 0 Å². The summed E-state index contributed by atoms with van der Waals surface area (Å²) >= 11 is 0. The molecular weight excluding hydrogens is 237 g/mol. The zero-order valence-electron chi connectivity index (χ0n) is 12.4. The second-order valence-corrected chi connectivity index (χ2v) is 5.42. The molecule has 0 aliphatic rings. The summed E-state index contributed by atoms with van der Waals surface area (Å²) in [5.41, 5.74) is 0.811. The quantitative estimate of drug-likeness (QED) is 0.604. The summed E-state index contributed by atoms with van der Waals surface area (Å²) in [5.74, 6) is -0.0873. The number of hydrogen-bond acceptors (Lipinski definition) is 1. The third-order valence-corrected chi connectivity index (χ3v) is 3.51. The Labute approximate surface area is 117 Å². The molecule has 0 saturated carbocycles. The van der Waals surface area contributed by atoms with Crippen molar-refractivity contribution in [2.45, 2.75) is 64.8 Å². The number of halogens is 1. The fourth-order valence-corrected chi connectivity index (χ4v) is 2.32. The van der Waals surface area contributed by atoms with Crippen molar-refractivity contribution >= 4 is 0 Å². The van der Waals surface area contributed by atoms with Gasteiger partial charge in [-0.15, -0.1) is 0 Å². The van der Waals surface area contributed by atoms with Crippen LogP contribution in [0, 0.1) is 5.82 Å². The average Bonchev–Trinajstić information content (AvgIpc) is 2.40. The maximum absolute atomic E-state index is 13.5. The van der Waals surface area contributed by atoms with E-state index in [1.54, 1.807) is 6.07 Å². The highest BCUT2D eigenvalue weighted by Crippen LogP contribution is 2.09. The van der Waals surface area contributed by atoms with Gasteiger partial charge in [-0.3, -0.25) is 0 Å². The van der Waals surface area contributed by atoms with Crippen LogP contribution in [0.1, 0.15) is 57.9 Å². The normalized spacial score (nSPS) is 12.6. The predicted octanol–water partition coefficient (Wildman–Crippen LogP) is 4.71. The molecule has 0 saturated heterocycles. The number of hydrogen-bond donors (Lipinski definition) is 1. The Kier molecular flexibility index (Phi) is 8.48. The van der Waals surface area contributed by atoms with Crippen molar-refractivity contribution in [2.75, 3.05) is 6.54 Å². The molecule has 0 aliphatic carbocycles. The van der Waals surface area contributed by atoms with Crippen LogP contribution >= 0.6 is 0 Å². The molecule has 0 amide bonds. The molecule has 0 aromatic heterocycles. The van der Waals surface area contributed by atoms with Crippen molar-refractivity contribution in [1.29, 1.82) is 0 Å². The van der Waals surface area contributed by atoms with E-state index in [1.165, 1.54) is 44.6 Å². The summed E-state index contributed by atoms with van der Waals surface area (Å²) in [6.45, 7) is 5.41. The molecule has 0 fully saturated rings. The van der Waals surface area contributed by atoms with Crippen LogP contribution < -0.4 is 5.32 Å². The summed E-state index contributed by atoms with van der Waals surface area (Å²) in [6.07, 6.45) is 8.67. The van der Waals surface area contributed by atoms with Crippen molar-refractivity contribution in [3.8, 4) is 0 Å². The number of nitrogens with one attached hydrogen (secondary N) is 1. The molecule has 0 radical (unpaired) electrons. The highest BCUT2D eigenvalue weighted by Gasteiger charge is 2.06. The molecule has 0 spiro atoms. The van der Waals surface area contributed by atoms with Gasteiger partial charge in [-0.2, -0.15) is 0 Å². The van der Waals surface area contributed by atoms with Crippen LogP contribution in [0.15, 0.2) is 24.3 Å². The van der Waals surface area contributed by atoms with Gasteiger partial charge < -0.3 is 5.32 Å². The summed E-state index contributed by atoms with van der Waals surface area (Å²) in [5, 5.41) is 3.48. The largest absolute Gasteiger partial charge is 0.314 e. The number of benzene rings is 1. The van der Waals surface area contributed by atoms with Crippen molar-refractivity contribution < 1.29 is 4.39 Å². The Hall–Kier alpha value is -0.890. The summed E-state index contributed by atoms with van der Waals surface area (Å²) in [7, 11) is 0. The monoisotopic (exact) mass is 265 g/mol. The van der Waals surface area contributed by atoms with E-state index in [0.717, 1.165) is 18.5 Å². The molecule has 1 aromatic carbocycles. The molecular formula is C17H28FN. The predicted molar refractivity (Wildman–Crippen MR) is 80.9 cm³/mol. The molecule has 1 atom stereocenters. The van der Waals surface area contributed by atoms with E-state index in [9.17, 15) is 4.39 Å². The Bertz CT molecular complexity index is 338. The Morgan fingerprint density at radius 3 is 2.47 bits per heavy atom. The fraction of sp³-hybridized carbons (Fsp3) is 0.647. The van der Waals surface area contributed by atoms with Crippen LogP contribution in [0.25, 0.3) is 0 Å². The van der Waals surface area contributed by atoms with Crippen molar-refractivity contribution in [1.82, 2.24) is 5.32 Å². The van der Waals surface area contributed by atoms with Gasteiger partial charge >= 0.3 is 0 Å². The minimum absolute atomic E-state index is 0.0873. The zero-order valence-corrected chi connectivity index (χ0v) is 12.4. The SMILES string of the molecule is CCCCCCCCNC(C)Cc1ccccc1F. The van der Waals surface area contributed by atoms with Gasteiger partial charge in [0, 0.05) is 6.04 Å². The maximum Gasteiger partial charge on any atom is 0.126 e. The van der Waals surface area contributed by atoms with E-state index in [4.69, 9.17) is 0 Å². The third-order valence-electron chi connectivity index (χ3n) is 3.51. The van der Waals surface area contributed by atoms with Gasteiger partial charge in [0.15, 0.2) is 0 Å². The molecule has 0 bridgehead atoms. The highest BCUT2D eigenvalue weighted by molar-refractivity contribution is 5.18. The van der Waals surface area contributed by atoms with Crippen molar-refractivity contribution in [3.63, 3.8) is 0 Å². The Morgan fingerprint density at radius 1 is 1.05 bits per heavy atom. The Morgan fingerprint density at radius 2 is 1.74 bits per heavy atom. The van der Waals surface area contributed by atoms with E-state index >= 15 is 0 Å². The average molecular weight is 265 g/mol. The van der Waals surface area contributed by atoms with Gasteiger partial charge in [0.25, 0.3) is 0 Å². The third kappa shape index (κ3) is 7.31. The Balaban J connectivity index is 2.08. The lowest BCUT2D eigenvalue weighted by Gasteiger charge is -2.14. The van der Waals surface area contributed by atoms with E-state index in [1.807, 2.05) is 12.1 Å². The van der Waals surface area contributed by atoms with E-state index < -0.39 is 0 Å². The molecule has 2 heteroatoms. The first-order valence-electron chi connectivity index (χ1n) is 7.70. The lowest BCUT2D eigenvalue weighted by Crippen LogP contribution is -2.29. The number of unbranched alkanes of at least 4 members (excludes halogenated alkanes) is 5. The molecule has 108 valence electrons. The van der Waals surface area contributed by atoms with Gasteiger partial charge in [-0.05, 0) is 37.9 Å². The van der Waals surface area contributed by atoms with Gasteiger partial charge in [0.05, 0.1) is 0 Å². The van der Waals surface area contributed by atoms with E-state index in [0.29, 0.717) is 6.04 Å². The molecule has 1 unspecified atom stereocenters. The lowest BCUT2D eigenvalue weighted by atomic mass is 10.1. The zero-order chi connectivity index (χ0) is 13.9. The molecule has 1 N–H and O–H groups in total. The number of rotatable bonds is 10. The standard InChI is InChI=1S/C17H28FN/c1-3-4-5-6-7-10-13-19-15(2)14-16-11-8-9-12-17(16)18/h8-9,11-12,15,19H,3-7,10,13-14H2,1-2H3. The first-order valence-corrected chi connectivity index (χ1v) is 7.70. The van der Waals surface area contributed by atoms with Gasteiger partial charge in [-0.25, -0.2) is 4.39 Å². The van der Waals surface area contributed by atoms with E-state index in [2.05, 4.69) is 19.2 Å². The molecule has 1 nitrogen and oxygen atoms in total. The topological polar surface area (TPSA) is 12.0 Å². The highest BCUT2D eigenvalue weighted by atomic mass is 19.1. The van der Waals surface area contributed by atoms with Crippen LogP contribution in [-0.2, 0) is 6.42 Å². The minimum Gasteiger partial charge on any atom is -0.314 e. The molecule has 1 aromatic rings. The minimum atomic E-state index is -0.0873. The van der Waals surface area contributed by atoms with E-state index in [-0.39, 0.29) is 5.82 Å². The maximum atomic E-state index is 13.5. The molecule has 0 aliphatic heterocycles. The molecule has 1 rings (SSSR count). The lowest BCUT2D eigenvalue weighted by molar-refractivity contribution is 0.502. The fourth-order valence-electron chi connectivity index (χ4n) is 2.32. The van der Waals surface area contributed by atoms with Crippen molar-refractivity contribution in [3.05, 3.63) is 35.6 Å². The van der Waals surface area contributed by atoms with Crippen LogP contribution in [0.3, 0.4) is 0 Å². The summed E-state index contributed by atoms with van der Waals surface area (Å²) < 4.78 is 13.5. The second-order valence-electron chi connectivity index (χ2n) is 5.42. The smallest absolute Gasteiger partial charge is 0.126 e. The molecule has 0 heterocycles.